The minimum Gasteiger partial charge on any atom is -0.330 e. The molecule has 0 aliphatic rings. The highest BCUT2D eigenvalue weighted by Gasteiger charge is 2.00. The number of aromatic nitrogens is 1. The summed E-state index contributed by atoms with van der Waals surface area (Å²) in [5, 5.41) is 1.71. The molecule has 1 aromatic heterocycles. The number of benzene rings is 1. The van der Waals surface area contributed by atoms with Crippen LogP contribution in [0, 0.1) is 0 Å². The lowest BCUT2D eigenvalue weighted by Gasteiger charge is -2.03. The maximum absolute atomic E-state index is 5.93. The molecule has 2 rings (SSSR count). The summed E-state index contributed by atoms with van der Waals surface area (Å²) in [6, 6.07) is 11.8. The molecular formula is C13H13ClN2S. The first-order valence-electron chi connectivity index (χ1n) is 5.36. The highest BCUT2D eigenvalue weighted by atomic mass is 35.5. The lowest BCUT2D eigenvalue weighted by Crippen LogP contribution is -2.02. The minimum atomic E-state index is 0.655. The molecule has 17 heavy (non-hydrogen) atoms. The van der Waals surface area contributed by atoms with Gasteiger partial charge >= 0.3 is 0 Å². The summed E-state index contributed by atoms with van der Waals surface area (Å²) in [5.74, 6) is 0. The van der Waals surface area contributed by atoms with E-state index in [4.69, 9.17) is 17.3 Å². The van der Waals surface area contributed by atoms with Crippen LogP contribution in [0.3, 0.4) is 0 Å². The second-order valence-corrected chi connectivity index (χ2v) is 5.13. The fourth-order valence-electron chi connectivity index (χ4n) is 1.44. The summed E-state index contributed by atoms with van der Waals surface area (Å²) in [6.45, 7) is 0.655. The third kappa shape index (κ3) is 3.73. The zero-order chi connectivity index (χ0) is 12.1. The zero-order valence-corrected chi connectivity index (χ0v) is 10.8. The Hall–Kier alpha value is -1.03. The van der Waals surface area contributed by atoms with E-state index in [1.54, 1.807) is 11.8 Å². The highest BCUT2D eigenvalue weighted by Crippen LogP contribution is 2.27. The predicted octanol–water partition coefficient (Wildman–Crippen LogP) is 3.39. The van der Waals surface area contributed by atoms with Crippen LogP contribution in [-0.4, -0.2) is 11.5 Å². The molecule has 0 saturated heterocycles. The Morgan fingerprint density at radius 1 is 1.24 bits per heavy atom. The van der Waals surface area contributed by atoms with Crippen LogP contribution in [0.15, 0.2) is 52.5 Å². The second-order valence-electron chi connectivity index (χ2n) is 3.60. The maximum Gasteiger partial charge on any atom is 0.101 e. The molecule has 4 heteroatoms. The molecule has 0 aliphatic carbocycles. The van der Waals surface area contributed by atoms with Gasteiger partial charge < -0.3 is 5.73 Å². The van der Waals surface area contributed by atoms with E-state index in [2.05, 4.69) is 11.1 Å². The Labute approximate surface area is 110 Å². The van der Waals surface area contributed by atoms with E-state index >= 15 is 0 Å². The van der Waals surface area contributed by atoms with Crippen LogP contribution in [0.4, 0.5) is 0 Å². The molecule has 0 aliphatic heterocycles. The van der Waals surface area contributed by atoms with Crippen molar-refractivity contribution in [2.75, 3.05) is 6.54 Å². The van der Waals surface area contributed by atoms with Crippen molar-refractivity contribution in [3.8, 4) is 0 Å². The Balaban J connectivity index is 2.08. The van der Waals surface area contributed by atoms with E-state index in [1.165, 1.54) is 5.56 Å². The summed E-state index contributed by atoms with van der Waals surface area (Å²) in [5.41, 5.74) is 6.66. The van der Waals surface area contributed by atoms with Crippen LogP contribution in [-0.2, 0) is 6.42 Å². The van der Waals surface area contributed by atoms with Crippen LogP contribution in [0.1, 0.15) is 5.56 Å². The monoisotopic (exact) mass is 264 g/mol. The number of nitrogens with zero attached hydrogens (tertiary/aromatic N) is 1. The topological polar surface area (TPSA) is 38.9 Å². The SMILES string of the molecule is NCCc1ccc(Sc2cccc(Cl)c2)nc1. The molecule has 1 aromatic carbocycles. The van der Waals surface area contributed by atoms with Gasteiger partial charge in [-0.2, -0.15) is 0 Å². The predicted molar refractivity (Wildman–Crippen MR) is 72.6 cm³/mol. The first kappa shape index (κ1) is 12.4. The van der Waals surface area contributed by atoms with Crippen LogP contribution >= 0.6 is 23.4 Å². The molecular weight excluding hydrogens is 252 g/mol. The molecule has 0 atom stereocenters. The first-order chi connectivity index (χ1) is 8.28. The summed E-state index contributed by atoms with van der Waals surface area (Å²) in [7, 11) is 0. The van der Waals surface area contributed by atoms with Crippen molar-refractivity contribution in [2.24, 2.45) is 5.73 Å². The molecule has 88 valence electrons. The van der Waals surface area contributed by atoms with Crippen molar-refractivity contribution < 1.29 is 0 Å². The third-order valence-electron chi connectivity index (χ3n) is 2.25. The number of hydrogen-bond donors (Lipinski definition) is 1. The molecule has 1 heterocycles. The third-order valence-corrected chi connectivity index (χ3v) is 3.42. The van der Waals surface area contributed by atoms with E-state index in [0.717, 1.165) is 21.4 Å². The molecule has 0 saturated carbocycles. The van der Waals surface area contributed by atoms with E-state index < -0.39 is 0 Å². The lowest BCUT2D eigenvalue weighted by atomic mass is 10.2. The van der Waals surface area contributed by atoms with Crippen molar-refractivity contribution in [1.82, 2.24) is 4.98 Å². The Kier molecular flexibility index (Phi) is 4.42. The lowest BCUT2D eigenvalue weighted by molar-refractivity contribution is 0.945. The van der Waals surface area contributed by atoms with Crippen molar-refractivity contribution in [1.29, 1.82) is 0 Å². The van der Waals surface area contributed by atoms with Crippen molar-refractivity contribution in [3.05, 3.63) is 53.2 Å². The highest BCUT2D eigenvalue weighted by molar-refractivity contribution is 7.99. The van der Waals surface area contributed by atoms with Crippen molar-refractivity contribution in [3.63, 3.8) is 0 Å². The van der Waals surface area contributed by atoms with Crippen LogP contribution in [0.2, 0.25) is 5.02 Å². The number of halogens is 1. The first-order valence-corrected chi connectivity index (χ1v) is 6.56. The molecule has 0 amide bonds. The fourth-order valence-corrected chi connectivity index (χ4v) is 2.51. The standard InChI is InChI=1S/C13H13ClN2S/c14-11-2-1-3-12(8-11)17-13-5-4-10(6-7-15)9-16-13/h1-5,8-9H,6-7,15H2. The summed E-state index contributed by atoms with van der Waals surface area (Å²) in [4.78, 5) is 5.48. The summed E-state index contributed by atoms with van der Waals surface area (Å²) in [6.07, 6.45) is 2.74. The van der Waals surface area contributed by atoms with Gasteiger partial charge in [0.15, 0.2) is 0 Å². The van der Waals surface area contributed by atoms with E-state index in [0.29, 0.717) is 6.54 Å². The molecule has 0 radical (unpaired) electrons. The van der Waals surface area contributed by atoms with Crippen LogP contribution in [0.5, 0.6) is 0 Å². The second kappa shape index (κ2) is 6.05. The Morgan fingerprint density at radius 2 is 2.12 bits per heavy atom. The maximum atomic E-state index is 5.93. The van der Waals surface area contributed by atoms with Gasteiger partial charge in [0.25, 0.3) is 0 Å². The Bertz CT molecular complexity index is 485. The molecule has 0 fully saturated rings. The quantitative estimate of drug-likeness (QED) is 0.920. The van der Waals surface area contributed by atoms with Gasteiger partial charge in [0, 0.05) is 16.1 Å². The molecule has 0 bridgehead atoms. The van der Waals surface area contributed by atoms with Crippen LogP contribution < -0.4 is 5.73 Å². The number of pyridine rings is 1. The Morgan fingerprint density at radius 3 is 2.76 bits per heavy atom. The van der Waals surface area contributed by atoms with Gasteiger partial charge in [-0.15, -0.1) is 0 Å². The van der Waals surface area contributed by atoms with E-state index in [9.17, 15) is 0 Å². The van der Waals surface area contributed by atoms with Crippen LogP contribution in [0.25, 0.3) is 0 Å². The molecule has 2 nitrogen and oxygen atoms in total. The average Bonchev–Trinajstić information content (AvgIpc) is 2.32. The molecule has 2 aromatic rings. The van der Waals surface area contributed by atoms with Crippen molar-refractivity contribution in [2.45, 2.75) is 16.3 Å². The average molecular weight is 265 g/mol. The van der Waals surface area contributed by atoms with E-state index in [-0.39, 0.29) is 0 Å². The normalized spacial score (nSPS) is 10.5. The molecule has 2 N–H and O–H groups in total. The minimum absolute atomic E-state index is 0.655. The van der Waals surface area contributed by atoms with Gasteiger partial charge in [0.1, 0.15) is 5.03 Å². The van der Waals surface area contributed by atoms with Gasteiger partial charge in [0.05, 0.1) is 0 Å². The smallest absolute Gasteiger partial charge is 0.101 e. The van der Waals surface area contributed by atoms with Gasteiger partial charge in [-0.05, 0) is 42.8 Å². The summed E-state index contributed by atoms with van der Waals surface area (Å²) >= 11 is 7.53. The molecule has 0 spiro atoms. The van der Waals surface area contributed by atoms with Gasteiger partial charge in [-0.1, -0.05) is 35.5 Å². The van der Waals surface area contributed by atoms with Gasteiger partial charge in [-0.25, -0.2) is 4.98 Å². The van der Waals surface area contributed by atoms with Gasteiger partial charge in [0.2, 0.25) is 0 Å². The molecule has 0 unspecified atom stereocenters. The van der Waals surface area contributed by atoms with Crippen molar-refractivity contribution >= 4 is 23.4 Å². The van der Waals surface area contributed by atoms with Gasteiger partial charge in [-0.3, -0.25) is 0 Å². The van der Waals surface area contributed by atoms with E-state index in [1.807, 2.05) is 36.5 Å². The largest absolute Gasteiger partial charge is 0.330 e. The fraction of sp³-hybridized carbons (Fsp3) is 0.154. The zero-order valence-electron chi connectivity index (χ0n) is 9.27. The summed E-state index contributed by atoms with van der Waals surface area (Å²) < 4.78 is 0. The number of nitrogens with two attached hydrogens (primary N) is 1. The number of hydrogen-bond acceptors (Lipinski definition) is 3. The number of rotatable bonds is 4.